The molecular formula is C22H26N2O5. The average Bonchev–Trinajstić information content (AvgIpc) is 2.67. The number of nitrogens with zero attached hydrogens (tertiary/aromatic N) is 1. The van der Waals surface area contributed by atoms with Crippen LogP contribution in [0.3, 0.4) is 0 Å². The zero-order chi connectivity index (χ0) is 21.4. The van der Waals surface area contributed by atoms with Crippen molar-refractivity contribution in [2.45, 2.75) is 26.9 Å². The molecule has 0 heterocycles. The Morgan fingerprint density at radius 2 is 1.62 bits per heavy atom. The molecule has 0 unspecified atom stereocenters. The van der Waals surface area contributed by atoms with Crippen LogP contribution in [0.15, 0.2) is 48.5 Å². The van der Waals surface area contributed by atoms with Crippen molar-refractivity contribution in [3.63, 3.8) is 0 Å². The summed E-state index contributed by atoms with van der Waals surface area (Å²) in [6, 6.07) is 13.7. The number of hydrogen-bond donors (Lipinski definition) is 1. The van der Waals surface area contributed by atoms with Gasteiger partial charge in [0, 0.05) is 12.7 Å². The fourth-order valence-corrected chi connectivity index (χ4v) is 2.37. The molecule has 0 aromatic heterocycles. The Kier molecular flexibility index (Phi) is 7.77. The van der Waals surface area contributed by atoms with E-state index in [1.165, 1.54) is 11.9 Å². The van der Waals surface area contributed by atoms with Crippen LogP contribution >= 0.6 is 0 Å². The van der Waals surface area contributed by atoms with Gasteiger partial charge in [-0.05, 0) is 57.2 Å². The quantitative estimate of drug-likeness (QED) is 0.691. The number of aryl methyl sites for hydroxylation is 1. The van der Waals surface area contributed by atoms with E-state index in [2.05, 4.69) is 5.32 Å². The van der Waals surface area contributed by atoms with Gasteiger partial charge >= 0.3 is 5.97 Å². The first-order chi connectivity index (χ1) is 13.7. The number of carbonyl (C=O) groups excluding carboxylic acids is 3. The molecule has 0 aliphatic heterocycles. The normalized spacial score (nSPS) is 10.4. The number of ether oxygens (including phenoxy) is 2. The largest absolute Gasteiger partial charge is 0.484 e. The second-order valence-electron chi connectivity index (χ2n) is 6.93. The summed E-state index contributed by atoms with van der Waals surface area (Å²) in [5.41, 5.74) is 2.17. The highest BCUT2D eigenvalue weighted by Crippen LogP contribution is 2.14. The average molecular weight is 398 g/mol. The van der Waals surface area contributed by atoms with Gasteiger partial charge in [-0.15, -0.1) is 0 Å². The van der Waals surface area contributed by atoms with Crippen LogP contribution in [-0.2, 0) is 14.3 Å². The topological polar surface area (TPSA) is 84.9 Å². The number of nitrogens with one attached hydrogen (secondary N) is 1. The van der Waals surface area contributed by atoms with Gasteiger partial charge in [0.1, 0.15) is 5.75 Å². The third-order valence-electron chi connectivity index (χ3n) is 3.94. The molecular weight excluding hydrogens is 372 g/mol. The third kappa shape index (κ3) is 7.29. The zero-order valence-corrected chi connectivity index (χ0v) is 17.1. The van der Waals surface area contributed by atoms with Crippen LogP contribution in [0.4, 0.5) is 5.69 Å². The van der Waals surface area contributed by atoms with Crippen LogP contribution in [0.2, 0.25) is 0 Å². The Labute approximate surface area is 170 Å². The van der Waals surface area contributed by atoms with Gasteiger partial charge in [-0.3, -0.25) is 9.59 Å². The lowest BCUT2D eigenvalue weighted by Crippen LogP contribution is -2.37. The Hall–Kier alpha value is -3.35. The number of carbonyl (C=O) groups is 3. The first kappa shape index (κ1) is 21.9. The van der Waals surface area contributed by atoms with E-state index >= 15 is 0 Å². The Bertz CT molecular complexity index is 845. The SMILES string of the molecule is Cc1ccc(NC(=O)CN(C)C(=O)COc2ccc(C(=O)OC(C)C)cc2)cc1. The van der Waals surface area contributed by atoms with Crippen molar-refractivity contribution in [1.29, 1.82) is 0 Å². The molecule has 7 nitrogen and oxygen atoms in total. The molecule has 2 rings (SSSR count). The van der Waals surface area contributed by atoms with Crippen molar-refractivity contribution in [2.75, 3.05) is 25.5 Å². The second kappa shape index (κ2) is 10.3. The minimum atomic E-state index is -0.415. The summed E-state index contributed by atoms with van der Waals surface area (Å²) in [5.74, 6) is -0.607. The van der Waals surface area contributed by atoms with E-state index < -0.39 is 5.97 Å². The molecule has 29 heavy (non-hydrogen) atoms. The Morgan fingerprint density at radius 3 is 2.21 bits per heavy atom. The highest BCUT2D eigenvalue weighted by Gasteiger charge is 2.14. The maximum absolute atomic E-state index is 12.2. The maximum Gasteiger partial charge on any atom is 0.338 e. The lowest BCUT2D eigenvalue weighted by Gasteiger charge is -2.17. The van der Waals surface area contributed by atoms with Crippen LogP contribution in [0.25, 0.3) is 0 Å². The van der Waals surface area contributed by atoms with Crippen molar-refractivity contribution >= 4 is 23.5 Å². The highest BCUT2D eigenvalue weighted by atomic mass is 16.5. The third-order valence-corrected chi connectivity index (χ3v) is 3.94. The maximum atomic E-state index is 12.2. The van der Waals surface area contributed by atoms with Gasteiger partial charge in [-0.25, -0.2) is 4.79 Å². The predicted molar refractivity (Wildman–Crippen MR) is 110 cm³/mol. The predicted octanol–water partition coefficient (Wildman–Crippen LogP) is 3.04. The van der Waals surface area contributed by atoms with E-state index in [0.717, 1.165) is 5.56 Å². The van der Waals surface area contributed by atoms with Crippen LogP contribution < -0.4 is 10.1 Å². The minimum absolute atomic E-state index is 0.0873. The molecule has 0 atom stereocenters. The molecule has 1 N–H and O–H groups in total. The first-order valence-electron chi connectivity index (χ1n) is 9.29. The summed E-state index contributed by atoms with van der Waals surface area (Å²) < 4.78 is 10.6. The smallest absolute Gasteiger partial charge is 0.338 e. The van der Waals surface area contributed by atoms with E-state index in [0.29, 0.717) is 17.0 Å². The Morgan fingerprint density at radius 1 is 1.00 bits per heavy atom. The van der Waals surface area contributed by atoms with Crippen LogP contribution in [-0.4, -0.2) is 49.0 Å². The summed E-state index contributed by atoms with van der Waals surface area (Å²) in [5, 5.41) is 2.74. The number of likely N-dealkylation sites (N-methyl/N-ethyl adjacent to an activating group) is 1. The highest BCUT2D eigenvalue weighted by molar-refractivity contribution is 5.94. The summed E-state index contributed by atoms with van der Waals surface area (Å²) in [6.45, 7) is 5.21. The molecule has 0 fully saturated rings. The van der Waals surface area contributed by atoms with E-state index in [1.807, 2.05) is 19.1 Å². The molecule has 0 saturated heterocycles. The zero-order valence-electron chi connectivity index (χ0n) is 17.1. The number of hydrogen-bond acceptors (Lipinski definition) is 5. The van der Waals surface area contributed by atoms with Crippen LogP contribution in [0, 0.1) is 6.92 Å². The monoisotopic (exact) mass is 398 g/mol. The van der Waals surface area contributed by atoms with Crippen molar-refractivity contribution < 1.29 is 23.9 Å². The lowest BCUT2D eigenvalue weighted by atomic mass is 10.2. The number of rotatable bonds is 8. The van der Waals surface area contributed by atoms with Crippen LogP contribution in [0.5, 0.6) is 5.75 Å². The molecule has 2 aromatic carbocycles. The second-order valence-corrected chi connectivity index (χ2v) is 6.93. The molecule has 0 aliphatic carbocycles. The lowest BCUT2D eigenvalue weighted by molar-refractivity contribution is -0.135. The van der Waals surface area contributed by atoms with Gasteiger partial charge in [0.25, 0.3) is 5.91 Å². The standard InChI is InChI=1S/C22H26N2O5/c1-15(2)29-22(27)17-7-11-19(12-8-17)28-14-21(26)24(4)13-20(25)23-18-9-5-16(3)6-10-18/h5-12,15H,13-14H2,1-4H3,(H,23,25). The first-order valence-corrected chi connectivity index (χ1v) is 9.29. The van der Waals surface area contributed by atoms with Gasteiger partial charge in [-0.2, -0.15) is 0 Å². The van der Waals surface area contributed by atoms with E-state index in [1.54, 1.807) is 50.2 Å². The number of anilines is 1. The van der Waals surface area contributed by atoms with Crippen molar-refractivity contribution in [3.8, 4) is 5.75 Å². The summed E-state index contributed by atoms with van der Waals surface area (Å²) in [7, 11) is 1.53. The Balaban J connectivity index is 1.79. The van der Waals surface area contributed by atoms with Gasteiger partial charge in [-0.1, -0.05) is 17.7 Å². The molecule has 0 aliphatic rings. The van der Waals surface area contributed by atoms with Gasteiger partial charge in [0.2, 0.25) is 5.91 Å². The van der Waals surface area contributed by atoms with Crippen molar-refractivity contribution in [3.05, 3.63) is 59.7 Å². The minimum Gasteiger partial charge on any atom is -0.484 e. The summed E-state index contributed by atoms with van der Waals surface area (Å²) in [4.78, 5) is 37.4. The van der Waals surface area contributed by atoms with Gasteiger partial charge in [0.05, 0.1) is 18.2 Å². The van der Waals surface area contributed by atoms with Crippen molar-refractivity contribution in [1.82, 2.24) is 4.90 Å². The molecule has 154 valence electrons. The number of esters is 1. The van der Waals surface area contributed by atoms with E-state index in [9.17, 15) is 14.4 Å². The molecule has 2 aromatic rings. The molecule has 7 heteroatoms. The number of amides is 2. The summed E-state index contributed by atoms with van der Waals surface area (Å²) >= 11 is 0. The molecule has 2 amide bonds. The molecule has 0 radical (unpaired) electrons. The molecule has 0 saturated carbocycles. The molecule has 0 bridgehead atoms. The van der Waals surface area contributed by atoms with E-state index in [4.69, 9.17) is 9.47 Å². The number of benzene rings is 2. The van der Waals surface area contributed by atoms with E-state index in [-0.39, 0.29) is 31.1 Å². The fourth-order valence-electron chi connectivity index (χ4n) is 2.37. The van der Waals surface area contributed by atoms with Crippen LogP contribution in [0.1, 0.15) is 29.8 Å². The summed E-state index contributed by atoms with van der Waals surface area (Å²) in [6.07, 6.45) is -0.199. The van der Waals surface area contributed by atoms with Gasteiger partial charge < -0.3 is 19.7 Å². The van der Waals surface area contributed by atoms with Crippen molar-refractivity contribution in [2.24, 2.45) is 0 Å². The fraction of sp³-hybridized carbons (Fsp3) is 0.318. The molecule has 0 spiro atoms. The van der Waals surface area contributed by atoms with Gasteiger partial charge in [0.15, 0.2) is 6.61 Å².